The van der Waals surface area contributed by atoms with E-state index in [2.05, 4.69) is 10.6 Å². The van der Waals surface area contributed by atoms with Crippen molar-refractivity contribution in [3.63, 3.8) is 0 Å². The van der Waals surface area contributed by atoms with Gasteiger partial charge in [0.15, 0.2) is 0 Å². The lowest BCUT2D eigenvalue weighted by molar-refractivity contribution is -0.114. The van der Waals surface area contributed by atoms with Gasteiger partial charge in [-0.15, -0.1) is 0 Å². The van der Waals surface area contributed by atoms with Crippen molar-refractivity contribution in [2.24, 2.45) is 5.92 Å². The van der Waals surface area contributed by atoms with E-state index in [9.17, 15) is 9.18 Å². The molecule has 0 radical (unpaired) electrons. The molecule has 1 rings (SSSR count). The Morgan fingerprint density at radius 2 is 2.22 bits per heavy atom. The van der Waals surface area contributed by atoms with Gasteiger partial charge in [0.25, 0.3) is 0 Å². The SMILES string of the molecule is COCC(C)CNc1cc(NC(C)=O)ccc1F. The van der Waals surface area contributed by atoms with Crippen LogP contribution in [0.1, 0.15) is 13.8 Å². The van der Waals surface area contributed by atoms with E-state index in [0.717, 1.165) is 0 Å². The van der Waals surface area contributed by atoms with Crippen molar-refractivity contribution in [1.29, 1.82) is 0 Å². The van der Waals surface area contributed by atoms with E-state index >= 15 is 0 Å². The lowest BCUT2D eigenvalue weighted by Crippen LogP contribution is -2.16. The smallest absolute Gasteiger partial charge is 0.221 e. The number of amides is 1. The molecule has 0 aliphatic rings. The molecule has 1 unspecified atom stereocenters. The average Bonchev–Trinajstić information content (AvgIpc) is 2.29. The van der Waals surface area contributed by atoms with Crippen molar-refractivity contribution in [1.82, 2.24) is 0 Å². The highest BCUT2D eigenvalue weighted by atomic mass is 19.1. The minimum absolute atomic E-state index is 0.180. The molecule has 100 valence electrons. The zero-order chi connectivity index (χ0) is 13.5. The van der Waals surface area contributed by atoms with Crippen molar-refractivity contribution in [3.05, 3.63) is 24.0 Å². The van der Waals surface area contributed by atoms with Crippen molar-refractivity contribution in [2.75, 3.05) is 30.9 Å². The van der Waals surface area contributed by atoms with Crippen molar-refractivity contribution in [3.8, 4) is 0 Å². The topological polar surface area (TPSA) is 50.4 Å². The first kappa shape index (κ1) is 14.4. The molecular weight excluding hydrogens is 235 g/mol. The molecule has 0 spiro atoms. The van der Waals surface area contributed by atoms with Crippen LogP contribution in [0, 0.1) is 11.7 Å². The molecule has 0 saturated carbocycles. The van der Waals surface area contributed by atoms with Crippen LogP contribution in [0.25, 0.3) is 0 Å². The molecule has 5 heteroatoms. The number of ether oxygens (including phenoxy) is 1. The van der Waals surface area contributed by atoms with Crippen LogP contribution in [0.15, 0.2) is 18.2 Å². The molecule has 0 aliphatic heterocycles. The molecule has 1 atom stereocenters. The summed E-state index contributed by atoms with van der Waals surface area (Å²) in [5, 5.41) is 5.62. The second-order valence-electron chi connectivity index (χ2n) is 4.32. The van der Waals surface area contributed by atoms with Crippen LogP contribution in [0.4, 0.5) is 15.8 Å². The van der Waals surface area contributed by atoms with Crippen molar-refractivity contribution >= 4 is 17.3 Å². The van der Waals surface area contributed by atoms with Crippen LogP contribution in [0.2, 0.25) is 0 Å². The molecule has 2 N–H and O–H groups in total. The molecule has 4 nitrogen and oxygen atoms in total. The van der Waals surface area contributed by atoms with Crippen LogP contribution in [0.5, 0.6) is 0 Å². The third kappa shape index (κ3) is 4.71. The Labute approximate surface area is 107 Å². The van der Waals surface area contributed by atoms with Gasteiger partial charge in [-0.05, 0) is 24.1 Å². The lowest BCUT2D eigenvalue weighted by Gasteiger charge is -2.14. The van der Waals surface area contributed by atoms with E-state index in [0.29, 0.717) is 24.5 Å². The Morgan fingerprint density at radius 3 is 2.83 bits per heavy atom. The second kappa shape index (κ2) is 6.96. The monoisotopic (exact) mass is 254 g/mol. The summed E-state index contributed by atoms with van der Waals surface area (Å²) in [5.74, 6) is -0.243. The van der Waals surface area contributed by atoms with Gasteiger partial charge in [-0.3, -0.25) is 4.79 Å². The highest BCUT2D eigenvalue weighted by Crippen LogP contribution is 2.20. The van der Waals surface area contributed by atoms with Gasteiger partial charge in [0.2, 0.25) is 5.91 Å². The van der Waals surface area contributed by atoms with Crippen LogP contribution in [0.3, 0.4) is 0 Å². The molecule has 0 aliphatic carbocycles. The summed E-state index contributed by atoms with van der Waals surface area (Å²) in [6.07, 6.45) is 0. The zero-order valence-corrected chi connectivity index (χ0v) is 10.9. The van der Waals surface area contributed by atoms with Crippen LogP contribution < -0.4 is 10.6 Å². The maximum Gasteiger partial charge on any atom is 0.221 e. The predicted octanol–water partition coefficient (Wildman–Crippen LogP) is 2.48. The molecule has 0 saturated heterocycles. The van der Waals surface area contributed by atoms with E-state index in [1.807, 2.05) is 6.92 Å². The van der Waals surface area contributed by atoms with Gasteiger partial charge in [0.05, 0.1) is 12.3 Å². The van der Waals surface area contributed by atoms with Gasteiger partial charge in [0, 0.05) is 26.3 Å². The number of rotatable bonds is 6. The van der Waals surface area contributed by atoms with Crippen molar-refractivity contribution < 1.29 is 13.9 Å². The largest absolute Gasteiger partial charge is 0.384 e. The molecule has 0 fully saturated rings. The minimum atomic E-state index is -0.339. The van der Waals surface area contributed by atoms with Gasteiger partial charge in [0.1, 0.15) is 5.82 Å². The number of hydrogen-bond donors (Lipinski definition) is 2. The maximum atomic E-state index is 13.5. The third-order valence-electron chi connectivity index (χ3n) is 2.38. The van der Waals surface area contributed by atoms with Crippen LogP contribution in [-0.2, 0) is 9.53 Å². The van der Waals surface area contributed by atoms with E-state index in [4.69, 9.17) is 4.74 Å². The van der Waals surface area contributed by atoms with Gasteiger partial charge in [-0.25, -0.2) is 4.39 Å². The fourth-order valence-electron chi connectivity index (χ4n) is 1.57. The fraction of sp³-hybridized carbons (Fsp3) is 0.462. The average molecular weight is 254 g/mol. The zero-order valence-electron chi connectivity index (χ0n) is 10.9. The Bertz CT molecular complexity index is 410. The number of carbonyl (C=O) groups is 1. The molecule has 1 aromatic rings. The molecule has 1 amide bonds. The number of hydrogen-bond acceptors (Lipinski definition) is 3. The first-order valence-electron chi connectivity index (χ1n) is 5.83. The number of benzene rings is 1. The maximum absolute atomic E-state index is 13.5. The van der Waals surface area contributed by atoms with Gasteiger partial charge in [-0.1, -0.05) is 6.92 Å². The summed E-state index contributed by atoms with van der Waals surface area (Å²) >= 11 is 0. The fourth-order valence-corrected chi connectivity index (χ4v) is 1.57. The summed E-state index contributed by atoms with van der Waals surface area (Å²) in [7, 11) is 1.63. The summed E-state index contributed by atoms with van der Waals surface area (Å²) in [6, 6.07) is 4.44. The number of carbonyl (C=O) groups excluding carboxylic acids is 1. The molecule has 0 heterocycles. The summed E-state index contributed by atoms with van der Waals surface area (Å²) < 4.78 is 18.5. The first-order valence-corrected chi connectivity index (χ1v) is 5.83. The molecule has 0 aromatic heterocycles. The normalized spacial score (nSPS) is 12.0. The van der Waals surface area contributed by atoms with E-state index in [1.54, 1.807) is 13.2 Å². The predicted molar refractivity (Wildman–Crippen MR) is 70.2 cm³/mol. The number of nitrogens with one attached hydrogen (secondary N) is 2. The Kier molecular flexibility index (Phi) is 5.58. The quantitative estimate of drug-likeness (QED) is 0.820. The Balaban J connectivity index is 2.66. The highest BCUT2D eigenvalue weighted by molar-refractivity contribution is 5.89. The lowest BCUT2D eigenvalue weighted by atomic mass is 10.2. The summed E-state index contributed by atoms with van der Waals surface area (Å²) in [6.45, 7) is 4.64. The molecule has 1 aromatic carbocycles. The highest BCUT2D eigenvalue weighted by Gasteiger charge is 2.06. The summed E-state index contributed by atoms with van der Waals surface area (Å²) in [5.41, 5.74) is 0.954. The number of anilines is 2. The molecule has 0 bridgehead atoms. The number of halogens is 1. The standard InChI is InChI=1S/C13H19FN2O2/c1-9(8-18-3)7-15-13-6-11(16-10(2)17)4-5-12(13)14/h4-6,9,15H,7-8H2,1-3H3,(H,16,17). The van der Waals surface area contributed by atoms with E-state index < -0.39 is 0 Å². The van der Waals surface area contributed by atoms with E-state index in [-0.39, 0.29) is 17.6 Å². The Morgan fingerprint density at radius 1 is 1.50 bits per heavy atom. The van der Waals surface area contributed by atoms with E-state index in [1.165, 1.54) is 19.1 Å². The van der Waals surface area contributed by atoms with Gasteiger partial charge < -0.3 is 15.4 Å². The minimum Gasteiger partial charge on any atom is -0.384 e. The summed E-state index contributed by atoms with van der Waals surface area (Å²) in [4.78, 5) is 10.9. The molecule has 18 heavy (non-hydrogen) atoms. The third-order valence-corrected chi connectivity index (χ3v) is 2.38. The van der Waals surface area contributed by atoms with Crippen LogP contribution in [-0.4, -0.2) is 26.2 Å². The van der Waals surface area contributed by atoms with Crippen molar-refractivity contribution in [2.45, 2.75) is 13.8 Å². The van der Waals surface area contributed by atoms with Crippen LogP contribution >= 0.6 is 0 Å². The van der Waals surface area contributed by atoms with Gasteiger partial charge in [-0.2, -0.15) is 0 Å². The van der Waals surface area contributed by atoms with Gasteiger partial charge >= 0.3 is 0 Å². The first-order chi connectivity index (χ1) is 8.52. The number of methoxy groups -OCH3 is 1. The second-order valence-corrected chi connectivity index (χ2v) is 4.32. The Hall–Kier alpha value is -1.62. The molecular formula is C13H19FN2O2.